The van der Waals surface area contributed by atoms with Gasteiger partial charge in [0, 0.05) is 13.1 Å². The smallest absolute Gasteiger partial charge is 0.119 e. The summed E-state index contributed by atoms with van der Waals surface area (Å²) >= 11 is 0. The molecule has 1 fully saturated rings. The fourth-order valence-corrected chi connectivity index (χ4v) is 2.64. The van der Waals surface area contributed by atoms with Crippen molar-refractivity contribution in [2.75, 3.05) is 26.2 Å². The van der Waals surface area contributed by atoms with Crippen molar-refractivity contribution in [2.24, 2.45) is 11.1 Å². The zero-order chi connectivity index (χ0) is 13.7. The third-order valence-corrected chi connectivity index (χ3v) is 3.91. The van der Waals surface area contributed by atoms with Gasteiger partial charge in [-0.15, -0.1) is 0 Å². The van der Waals surface area contributed by atoms with Crippen molar-refractivity contribution in [3.63, 3.8) is 0 Å². The molecule has 3 heteroatoms. The molecule has 0 aromatic heterocycles. The highest BCUT2D eigenvalue weighted by Gasteiger charge is 2.32. The number of hydrogen-bond acceptors (Lipinski definition) is 3. The summed E-state index contributed by atoms with van der Waals surface area (Å²) in [6.07, 6.45) is 2.25. The molecule has 0 amide bonds. The van der Waals surface area contributed by atoms with Gasteiger partial charge in [-0.3, -0.25) is 4.90 Å². The number of nitrogens with two attached hydrogens (primary N) is 1. The molecule has 0 aliphatic carbocycles. The Morgan fingerprint density at radius 3 is 2.95 bits per heavy atom. The quantitative estimate of drug-likeness (QED) is 0.856. The summed E-state index contributed by atoms with van der Waals surface area (Å²) in [5, 5.41) is 0. The summed E-state index contributed by atoms with van der Waals surface area (Å²) in [6, 6.07) is 8.45. The van der Waals surface area contributed by atoms with Crippen molar-refractivity contribution >= 4 is 0 Å². The molecule has 0 saturated carbocycles. The summed E-state index contributed by atoms with van der Waals surface area (Å²) in [4.78, 5) is 2.49. The zero-order valence-electron chi connectivity index (χ0n) is 12.2. The molecule has 0 spiro atoms. The minimum Gasteiger partial charge on any atom is -0.494 e. The summed E-state index contributed by atoms with van der Waals surface area (Å²) in [6.45, 7) is 9.23. The molecule has 2 rings (SSSR count). The minimum atomic E-state index is 0.302. The summed E-state index contributed by atoms with van der Waals surface area (Å²) < 4.78 is 5.68. The molecule has 106 valence electrons. The van der Waals surface area contributed by atoms with Gasteiger partial charge in [0.15, 0.2) is 0 Å². The number of nitrogens with zero attached hydrogens (tertiary/aromatic N) is 1. The third kappa shape index (κ3) is 3.95. The SMILES string of the molecule is CCCOc1cccc(CN2CCC(C)(CN)C2)c1. The molecule has 1 aromatic carbocycles. The van der Waals surface area contributed by atoms with E-state index >= 15 is 0 Å². The van der Waals surface area contributed by atoms with Gasteiger partial charge < -0.3 is 10.5 Å². The van der Waals surface area contributed by atoms with Crippen molar-refractivity contribution in [1.82, 2.24) is 4.90 Å². The molecule has 1 unspecified atom stereocenters. The molecule has 2 N–H and O–H groups in total. The van der Waals surface area contributed by atoms with E-state index in [4.69, 9.17) is 10.5 Å². The predicted molar refractivity (Wildman–Crippen MR) is 79.3 cm³/mol. The Balaban J connectivity index is 1.92. The highest BCUT2D eigenvalue weighted by atomic mass is 16.5. The van der Waals surface area contributed by atoms with Crippen molar-refractivity contribution in [3.8, 4) is 5.75 Å². The van der Waals surface area contributed by atoms with Crippen LogP contribution in [0.2, 0.25) is 0 Å². The molecule has 1 aromatic rings. The van der Waals surface area contributed by atoms with Gasteiger partial charge >= 0.3 is 0 Å². The average Bonchev–Trinajstić information content (AvgIpc) is 2.79. The normalized spacial score (nSPS) is 23.7. The minimum absolute atomic E-state index is 0.302. The van der Waals surface area contributed by atoms with Gasteiger partial charge in [0.05, 0.1) is 6.61 Å². The Morgan fingerprint density at radius 2 is 2.26 bits per heavy atom. The highest BCUT2D eigenvalue weighted by molar-refractivity contribution is 5.28. The van der Waals surface area contributed by atoms with Crippen LogP contribution in [0.3, 0.4) is 0 Å². The molecule has 0 radical (unpaired) electrons. The van der Waals surface area contributed by atoms with E-state index in [1.54, 1.807) is 0 Å². The molecule has 1 saturated heterocycles. The number of ether oxygens (including phenoxy) is 1. The van der Waals surface area contributed by atoms with Gasteiger partial charge in [0.1, 0.15) is 5.75 Å². The topological polar surface area (TPSA) is 38.5 Å². The van der Waals surface area contributed by atoms with E-state index in [0.717, 1.165) is 45.0 Å². The van der Waals surface area contributed by atoms with Crippen molar-refractivity contribution in [3.05, 3.63) is 29.8 Å². The summed E-state index contributed by atoms with van der Waals surface area (Å²) in [5.41, 5.74) is 7.49. The third-order valence-electron chi connectivity index (χ3n) is 3.91. The predicted octanol–water partition coefficient (Wildman–Crippen LogP) is 2.65. The van der Waals surface area contributed by atoms with Gasteiger partial charge in [0.25, 0.3) is 0 Å². The average molecular weight is 262 g/mol. The number of rotatable bonds is 6. The fourth-order valence-electron chi connectivity index (χ4n) is 2.64. The van der Waals surface area contributed by atoms with E-state index in [9.17, 15) is 0 Å². The van der Waals surface area contributed by atoms with Crippen LogP contribution in [0.15, 0.2) is 24.3 Å². The van der Waals surface area contributed by atoms with Crippen LogP contribution in [0.5, 0.6) is 5.75 Å². The van der Waals surface area contributed by atoms with Crippen LogP contribution in [0.4, 0.5) is 0 Å². The Morgan fingerprint density at radius 1 is 1.42 bits per heavy atom. The Kier molecular flexibility index (Phi) is 4.83. The van der Waals surface area contributed by atoms with E-state index in [1.807, 2.05) is 6.07 Å². The summed E-state index contributed by atoms with van der Waals surface area (Å²) in [7, 11) is 0. The van der Waals surface area contributed by atoms with Crippen LogP contribution in [-0.2, 0) is 6.54 Å². The van der Waals surface area contributed by atoms with E-state index in [0.29, 0.717) is 5.41 Å². The first kappa shape index (κ1) is 14.4. The van der Waals surface area contributed by atoms with Gasteiger partial charge in [-0.25, -0.2) is 0 Å². The van der Waals surface area contributed by atoms with Gasteiger partial charge in [-0.1, -0.05) is 26.0 Å². The Labute approximate surface area is 116 Å². The first-order valence-corrected chi connectivity index (χ1v) is 7.29. The van der Waals surface area contributed by atoms with Crippen molar-refractivity contribution < 1.29 is 4.74 Å². The summed E-state index contributed by atoms with van der Waals surface area (Å²) in [5.74, 6) is 0.986. The van der Waals surface area contributed by atoms with Crippen molar-refractivity contribution in [1.29, 1.82) is 0 Å². The maximum absolute atomic E-state index is 5.86. The van der Waals surface area contributed by atoms with E-state index in [1.165, 1.54) is 12.0 Å². The maximum atomic E-state index is 5.86. The second kappa shape index (κ2) is 6.40. The maximum Gasteiger partial charge on any atom is 0.119 e. The van der Waals surface area contributed by atoms with E-state index in [2.05, 4.69) is 36.9 Å². The van der Waals surface area contributed by atoms with E-state index in [-0.39, 0.29) is 0 Å². The molecule has 1 atom stereocenters. The van der Waals surface area contributed by atoms with Gasteiger partial charge in [0.2, 0.25) is 0 Å². The molecule has 1 aliphatic heterocycles. The molecule has 0 bridgehead atoms. The Bertz CT molecular complexity index is 407. The Hall–Kier alpha value is -1.06. The molecule has 1 heterocycles. The fraction of sp³-hybridized carbons (Fsp3) is 0.625. The largest absolute Gasteiger partial charge is 0.494 e. The van der Waals surface area contributed by atoms with E-state index < -0.39 is 0 Å². The van der Waals surface area contributed by atoms with Crippen LogP contribution in [-0.4, -0.2) is 31.1 Å². The molecular formula is C16H26N2O. The van der Waals surface area contributed by atoms with Crippen LogP contribution in [0.1, 0.15) is 32.3 Å². The second-order valence-corrected chi connectivity index (χ2v) is 5.97. The van der Waals surface area contributed by atoms with Crippen LogP contribution >= 0.6 is 0 Å². The monoisotopic (exact) mass is 262 g/mol. The first-order valence-electron chi connectivity index (χ1n) is 7.29. The standard InChI is InChI=1S/C16H26N2O/c1-3-9-19-15-6-4-5-14(10-15)11-18-8-7-16(2,12-17)13-18/h4-6,10H,3,7-9,11-13,17H2,1-2H3. The molecule has 1 aliphatic rings. The zero-order valence-corrected chi connectivity index (χ0v) is 12.2. The molecule has 3 nitrogen and oxygen atoms in total. The molecule has 19 heavy (non-hydrogen) atoms. The number of hydrogen-bond donors (Lipinski definition) is 1. The van der Waals surface area contributed by atoms with Gasteiger partial charge in [-0.05, 0) is 49.0 Å². The van der Waals surface area contributed by atoms with Crippen LogP contribution in [0.25, 0.3) is 0 Å². The lowest BCUT2D eigenvalue weighted by Crippen LogP contribution is -2.31. The number of likely N-dealkylation sites (tertiary alicyclic amines) is 1. The van der Waals surface area contributed by atoms with Gasteiger partial charge in [-0.2, -0.15) is 0 Å². The van der Waals surface area contributed by atoms with Crippen molar-refractivity contribution in [2.45, 2.75) is 33.2 Å². The first-order chi connectivity index (χ1) is 9.15. The number of benzene rings is 1. The lowest BCUT2D eigenvalue weighted by molar-refractivity contribution is 0.273. The van der Waals surface area contributed by atoms with Crippen LogP contribution in [0, 0.1) is 5.41 Å². The lowest BCUT2D eigenvalue weighted by Gasteiger charge is -2.22. The van der Waals surface area contributed by atoms with Crippen LogP contribution < -0.4 is 10.5 Å². The molecular weight excluding hydrogens is 236 g/mol. The highest BCUT2D eigenvalue weighted by Crippen LogP contribution is 2.29. The lowest BCUT2D eigenvalue weighted by atomic mass is 9.90. The second-order valence-electron chi connectivity index (χ2n) is 5.97.